The smallest absolute Gasteiger partial charge is 0.317 e. The lowest BCUT2D eigenvalue weighted by Gasteiger charge is -2.32. The molecule has 6 nitrogen and oxygen atoms in total. The number of benzene rings is 1. The molecule has 1 N–H and O–H groups in total. The second-order valence-electron chi connectivity index (χ2n) is 6.51. The summed E-state index contributed by atoms with van der Waals surface area (Å²) in [7, 11) is 0. The summed E-state index contributed by atoms with van der Waals surface area (Å²) in [5.41, 5.74) is 0. The molecule has 2 amide bonds. The second-order valence-corrected chi connectivity index (χ2v) is 6.51. The molecule has 2 aliphatic rings. The molecule has 0 saturated carbocycles. The molecule has 2 fully saturated rings. The van der Waals surface area contributed by atoms with Crippen LogP contribution in [-0.4, -0.2) is 56.0 Å². The summed E-state index contributed by atoms with van der Waals surface area (Å²) in [4.78, 5) is 14.1. The second kappa shape index (κ2) is 8.94. The lowest BCUT2D eigenvalue weighted by Crippen LogP contribution is -2.48. The van der Waals surface area contributed by atoms with Crippen LogP contribution in [0.4, 0.5) is 4.79 Å². The van der Waals surface area contributed by atoms with Gasteiger partial charge in [0.1, 0.15) is 6.10 Å². The molecule has 0 spiro atoms. The van der Waals surface area contributed by atoms with E-state index in [1.807, 2.05) is 36.1 Å². The van der Waals surface area contributed by atoms with Crippen molar-refractivity contribution in [3.63, 3.8) is 0 Å². The van der Waals surface area contributed by atoms with Gasteiger partial charge in [-0.15, -0.1) is 0 Å². The topological polar surface area (TPSA) is 60.0 Å². The SMILES string of the molecule is CCOc1ccccc1OC1CCN(C(=O)NCC2CCCO2)CC1. The van der Waals surface area contributed by atoms with Crippen LogP contribution in [0, 0.1) is 0 Å². The molecule has 0 bridgehead atoms. The molecule has 6 heteroatoms. The largest absolute Gasteiger partial charge is 0.490 e. The highest BCUT2D eigenvalue weighted by atomic mass is 16.5. The third-order valence-corrected chi connectivity index (χ3v) is 4.68. The number of hydrogen-bond donors (Lipinski definition) is 1. The van der Waals surface area contributed by atoms with E-state index in [0.717, 1.165) is 43.8 Å². The molecular formula is C19H28N2O4. The third-order valence-electron chi connectivity index (χ3n) is 4.68. The molecule has 1 aromatic rings. The zero-order valence-electron chi connectivity index (χ0n) is 14.9. The fourth-order valence-electron chi connectivity index (χ4n) is 3.30. The molecule has 0 aromatic heterocycles. The first-order valence-electron chi connectivity index (χ1n) is 9.29. The zero-order chi connectivity index (χ0) is 17.5. The molecule has 1 atom stereocenters. The first kappa shape index (κ1) is 17.9. The number of ether oxygens (including phenoxy) is 3. The van der Waals surface area contributed by atoms with Gasteiger partial charge >= 0.3 is 6.03 Å². The van der Waals surface area contributed by atoms with Gasteiger partial charge in [0.15, 0.2) is 11.5 Å². The number of carbonyl (C=O) groups excluding carboxylic acids is 1. The van der Waals surface area contributed by atoms with Gasteiger partial charge in [-0.2, -0.15) is 0 Å². The van der Waals surface area contributed by atoms with E-state index in [-0.39, 0.29) is 18.2 Å². The fourth-order valence-corrected chi connectivity index (χ4v) is 3.30. The van der Waals surface area contributed by atoms with Crippen LogP contribution in [0.25, 0.3) is 0 Å². The molecule has 138 valence electrons. The number of piperidine rings is 1. The number of hydrogen-bond acceptors (Lipinski definition) is 4. The summed E-state index contributed by atoms with van der Waals surface area (Å²) >= 11 is 0. The van der Waals surface area contributed by atoms with Crippen molar-refractivity contribution in [2.24, 2.45) is 0 Å². The van der Waals surface area contributed by atoms with E-state index in [1.54, 1.807) is 0 Å². The average Bonchev–Trinajstić information content (AvgIpc) is 3.16. The Kier molecular flexibility index (Phi) is 6.39. The number of nitrogens with zero attached hydrogens (tertiary/aromatic N) is 1. The Hall–Kier alpha value is -1.95. The van der Waals surface area contributed by atoms with Crippen LogP contribution in [0.3, 0.4) is 0 Å². The molecular weight excluding hydrogens is 320 g/mol. The Labute approximate surface area is 149 Å². The minimum absolute atomic E-state index is 0.00339. The molecule has 2 heterocycles. The normalized spacial score (nSPS) is 21.2. The van der Waals surface area contributed by atoms with Crippen LogP contribution in [0.2, 0.25) is 0 Å². The van der Waals surface area contributed by atoms with Crippen LogP contribution in [0.15, 0.2) is 24.3 Å². The fraction of sp³-hybridized carbons (Fsp3) is 0.632. The lowest BCUT2D eigenvalue weighted by atomic mass is 10.1. The van der Waals surface area contributed by atoms with Gasteiger partial charge < -0.3 is 24.4 Å². The van der Waals surface area contributed by atoms with Gasteiger partial charge in [-0.3, -0.25) is 0 Å². The number of carbonyl (C=O) groups is 1. The van der Waals surface area contributed by atoms with Crippen molar-refractivity contribution in [1.29, 1.82) is 0 Å². The summed E-state index contributed by atoms with van der Waals surface area (Å²) in [6, 6.07) is 7.76. The van der Waals surface area contributed by atoms with Gasteiger partial charge in [-0.05, 0) is 31.9 Å². The summed E-state index contributed by atoms with van der Waals surface area (Å²) in [5.74, 6) is 1.56. The number of amides is 2. The highest BCUT2D eigenvalue weighted by Crippen LogP contribution is 2.29. The highest BCUT2D eigenvalue weighted by molar-refractivity contribution is 5.74. The van der Waals surface area contributed by atoms with Crippen molar-refractivity contribution in [2.75, 3.05) is 32.8 Å². The van der Waals surface area contributed by atoms with Crippen LogP contribution in [0.1, 0.15) is 32.6 Å². The Balaban J connectivity index is 1.43. The highest BCUT2D eigenvalue weighted by Gasteiger charge is 2.25. The quantitative estimate of drug-likeness (QED) is 0.859. The third kappa shape index (κ3) is 5.01. The first-order chi connectivity index (χ1) is 12.3. The van der Waals surface area contributed by atoms with Crippen molar-refractivity contribution in [3.8, 4) is 11.5 Å². The number of para-hydroxylation sites is 2. The van der Waals surface area contributed by atoms with E-state index in [2.05, 4.69) is 5.32 Å². The Morgan fingerprint density at radius 1 is 1.24 bits per heavy atom. The van der Waals surface area contributed by atoms with Crippen molar-refractivity contribution in [3.05, 3.63) is 24.3 Å². The first-order valence-corrected chi connectivity index (χ1v) is 9.29. The van der Waals surface area contributed by atoms with E-state index in [0.29, 0.717) is 26.2 Å². The molecule has 0 aliphatic carbocycles. The summed E-state index contributed by atoms with van der Waals surface area (Å²) < 4.78 is 17.3. The van der Waals surface area contributed by atoms with Crippen LogP contribution in [0.5, 0.6) is 11.5 Å². The molecule has 3 rings (SSSR count). The lowest BCUT2D eigenvalue weighted by molar-refractivity contribution is 0.0964. The predicted molar refractivity (Wildman–Crippen MR) is 95.2 cm³/mol. The van der Waals surface area contributed by atoms with Gasteiger partial charge in [-0.1, -0.05) is 12.1 Å². The molecule has 2 aliphatic heterocycles. The molecule has 1 unspecified atom stereocenters. The Morgan fingerprint density at radius 2 is 2.00 bits per heavy atom. The van der Waals surface area contributed by atoms with E-state index in [9.17, 15) is 4.79 Å². The summed E-state index contributed by atoms with van der Waals surface area (Å²) in [5, 5.41) is 2.99. The van der Waals surface area contributed by atoms with E-state index in [1.165, 1.54) is 0 Å². The number of nitrogens with one attached hydrogen (secondary N) is 1. The monoisotopic (exact) mass is 348 g/mol. The molecule has 0 radical (unpaired) electrons. The maximum Gasteiger partial charge on any atom is 0.317 e. The number of likely N-dealkylation sites (tertiary alicyclic amines) is 1. The minimum Gasteiger partial charge on any atom is -0.490 e. The van der Waals surface area contributed by atoms with Crippen molar-refractivity contribution < 1.29 is 19.0 Å². The van der Waals surface area contributed by atoms with Crippen LogP contribution >= 0.6 is 0 Å². The van der Waals surface area contributed by atoms with Crippen molar-refractivity contribution >= 4 is 6.03 Å². The van der Waals surface area contributed by atoms with E-state index in [4.69, 9.17) is 14.2 Å². The number of rotatable bonds is 6. The minimum atomic E-state index is 0.00339. The summed E-state index contributed by atoms with van der Waals surface area (Å²) in [6.07, 6.45) is 4.08. The van der Waals surface area contributed by atoms with Crippen LogP contribution < -0.4 is 14.8 Å². The van der Waals surface area contributed by atoms with Crippen molar-refractivity contribution in [1.82, 2.24) is 10.2 Å². The summed E-state index contributed by atoms with van der Waals surface area (Å²) in [6.45, 7) is 5.41. The Morgan fingerprint density at radius 3 is 2.68 bits per heavy atom. The standard InChI is InChI=1S/C19H28N2O4/c1-2-23-17-7-3-4-8-18(17)25-15-9-11-21(12-10-15)19(22)20-14-16-6-5-13-24-16/h3-4,7-8,15-16H,2,5-6,9-14H2,1H3,(H,20,22). The Bertz CT molecular complexity index is 552. The van der Waals surface area contributed by atoms with E-state index >= 15 is 0 Å². The maximum absolute atomic E-state index is 12.3. The molecule has 2 saturated heterocycles. The zero-order valence-corrected chi connectivity index (χ0v) is 14.9. The van der Waals surface area contributed by atoms with Crippen molar-refractivity contribution in [2.45, 2.75) is 44.8 Å². The van der Waals surface area contributed by atoms with E-state index < -0.39 is 0 Å². The van der Waals surface area contributed by atoms with Gasteiger partial charge in [0.25, 0.3) is 0 Å². The van der Waals surface area contributed by atoms with Gasteiger partial charge in [0.05, 0.1) is 12.7 Å². The van der Waals surface area contributed by atoms with Crippen LogP contribution in [-0.2, 0) is 4.74 Å². The number of urea groups is 1. The van der Waals surface area contributed by atoms with Gasteiger partial charge in [0.2, 0.25) is 0 Å². The van der Waals surface area contributed by atoms with Gasteiger partial charge in [0, 0.05) is 39.1 Å². The van der Waals surface area contributed by atoms with Gasteiger partial charge in [-0.25, -0.2) is 4.79 Å². The predicted octanol–water partition coefficient (Wildman–Crippen LogP) is 2.82. The maximum atomic E-state index is 12.3. The molecule has 25 heavy (non-hydrogen) atoms. The average molecular weight is 348 g/mol. The molecule has 1 aromatic carbocycles.